The lowest BCUT2D eigenvalue weighted by molar-refractivity contribution is 0.582. The van der Waals surface area contributed by atoms with E-state index in [1.54, 1.807) is 6.33 Å². The Morgan fingerprint density at radius 1 is 1.00 bits per heavy atom. The number of benzene rings is 2. The Kier molecular flexibility index (Phi) is 3.05. The minimum absolute atomic E-state index is 0.245. The minimum Gasteiger partial charge on any atom is -0.347 e. The number of H-pyrrole nitrogens is 1. The van der Waals surface area contributed by atoms with E-state index in [0.717, 1.165) is 18.7 Å². The van der Waals surface area contributed by atoms with Crippen LogP contribution in [0.4, 0.5) is 0 Å². The van der Waals surface area contributed by atoms with E-state index in [0.29, 0.717) is 0 Å². The zero-order valence-corrected chi connectivity index (χ0v) is 11.7. The van der Waals surface area contributed by atoms with Crippen LogP contribution >= 0.6 is 0 Å². The van der Waals surface area contributed by atoms with Crippen molar-refractivity contribution in [2.45, 2.75) is 19.0 Å². The van der Waals surface area contributed by atoms with Crippen LogP contribution in [0, 0.1) is 0 Å². The Balaban J connectivity index is 1.71. The van der Waals surface area contributed by atoms with Crippen LogP contribution in [0.2, 0.25) is 0 Å². The Morgan fingerprint density at radius 3 is 2.29 bits per heavy atom. The molecule has 2 N–H and O–H groups in total. The van der Waals surface area contributed by atoms with Crippen LogP contribution in [-0.2, 0) is 13.0 Å². The molecule has 21 heavy (non-hydrogen) atoms. The fraction of sp³-hybridized carbons (Fsp3) is 0.167. The molecule has 1 aromatic heterocycles. The van der Waals surface area contributed by atoms with Gasteiger partial charge in [0, 0.05) is 18.4 Å². The second kappa shape index (κ2) is 5.19. The molecule has 4 rings (SSSR count). The van der Waals surface area contributed by atoms with Crippen LogP contribution in [0.1, 0.15) is 34.0 Å². The molecule has 0 amide bonds. The van der Waals surface area contributed by atoms with Crippen molar-refractivity contribution in [2.24, 2.45) is 0 Å². The quantitative estimate of drug-likeness (QED) is 0.770. The average Bonchev–Trinajstić information content (AvgIpc) is 3.05. The van der Waals surface area contributed by atoms with Crippen molar-refractivity contribution in [1.29, 1.82) is 0 Å². The molecule has 0 bridgehead atoms. The zero-order valence-electron chi connectivity index (χ0n) is 11.7. The number of fused-ring (bicyclic) bond motifs is 2. The highest BCUT2D eigenvalue weighted by Gasteiger charge is 2.24. The van der Waals surface area contributed by atoms with Gasteiger partial charge in [-0.2, -0.15) is 0 Å². The van der Waals surface area contributed by atoms with Gasteiger partial charge in [0.2, 0.25) is 0 Å². The summed E-state index contributed by atoms with van der Waals surface area (Å²) < 4.78 is 0. The highest BCUT2D eigenvalue weighted by Crippen LogP contribution is 2.34. The third-order valence-electron chi connectivity index (χ3n) is 4.16. The van der Waals surface area contributed by atoms with E-state index >= 15 is 0 Å². The highest BCUT2D eigenvalue weighted by atomic mass is 15.0. The molecule has 2 aromatic carbocycles. The van der Waals surface area contributed by atoms with Gasteiger partial charge in [-0.15, -0.1) is 0 Å². The Labute approximate surface area is 124 Å². The molecular formula is C18H17N3. The number of aromatic nitrogens is 2. The molecule has 3 nitrogen and oxygen atoms in total. The fourth-order valence-electron chi connectivity index (χ4n) is 3.14. The van der Waals surface area contributed by atoms with Gasteiger partial charge in [-0.1, -0.05) is 48.5 Å². The van der Waals surface area contributed by atoms with Crippen molar-refractivity contribution in [3.05, 3.63) is 89.0 Å². The largest absolute Gasteiger partial charge is 0.347 e. The van der Waals surface area contributed by atoms with E-state index in [4.69, 9.17) is 0 Å². The van der Waals surface area contributed by atoms with Gasteiger partial charge in [0.15, 0.2) is 0 Å². The van der Waals surface area contributed by atoms with Gasteiger partial charge in [-0.25, -0.2) is 4.98 Å². The number of hydrogen-bond acceptors (Lipinski definition) is 2. The Morgan fingerprint density at radius 2 is 1.67 bits per heavy atom. The maximum Gasteiger partial charge on any atom is 0.0922 e. The number of hydrogen-bond donors (Lipinski definition) is 2. The van der Waals surface area contributed by atoms with Crippen molar-refractivity contribution in [1.82, 2.24) is 15.3 Å². The summed E-state index contributed by atoms with van der Waals surface area (Å²) in [7, 11) is 0. The lowest BCUT2D eigenvalue weighted by Crippen LogP contribution is -2.27. The second-order valence-electron chi connectivity index (χ2n) is 5.47. The van der Waals surface area contributed by atoms with Gasteiger partial charge in [-0.3, -0.25) is 0 Å². The van der Waals surface area contributed by atoms with Crippen molar-refractivity contribution in [3.63, 3.8) is 0 Å². The summed E-state index contributed by atoms with van der Waals surface area (Å²) in [6.45, 7) is 0.785. The summed E-state index contributed by atoms with van der Waals surface area (Å²) in [6.07, 6.45) is 4.61. The number of nitrogens with zero attached hydrogens (tertiary/aromatic N) is 1. The van der Waals surface area contributed by atoms with Gasteiger partial charge in [0.1, 0.15) is 0 Å². The third kappa shape index (κ3) is 2.26. The molecule has 0 radical (unpaired) electrons. The summed E-state index contributed by atoms with van der Waals surface area (Å²) >= 11 is 0. The molecule has 3 heteroatoms. The maximum atomic E-state index is 4.08. The van der Waals surface area contributed by atoms with Crippen molar-refractivity contribution in [2.75, 3.05) is 0 Å². The smallest absolute Gasteiger partial charge is 0.0922 e. The standard InChI is InChI=1S/C18H17N3/c1-3-7-16-13(5-1)9-14-6-2-4-8-17(14)18(16)20-11-15-10-19-12-21-15/h1-8,10,12,18,20H,9,11H2,(H,19,21). The lowest BCUT2D eigenvalue weighted by Gasteiger charge is -2.29. The molecule has 1 heterocycles. The topological polar surface area (TPSA) is 40.7 Å². The predicted molar refractivity (Wildman–Crippen MR) is 83.0 cm³/mol. The fourth-order valence-corrected chi connectivity index (χ4v) is 3.14. The van der Waals surface area contributed by atoms with E-state index in [9.17, 15) is 0 Å². The number of imidazole rings is 1. The van der Waals surface area contributed by atoms with Crippen molar-refractivity contribution >= 4 is 0 Å². The zero-order chi connectivity index (χ0) is 14.1. The summed E-state index contributed by atoms with van der Waals surface area (Å²) in [6, 6.07) is 17.7. The Bertz CT molecular complexity index is 701. The van der Waals surface area contributed by atoms with Crippen molar-refractivity contribution < 1.29 is 0 Å². The molecule has 1 aliphatic carbocycles. The van der Waals surface area contributed by atoms with Gasteiger partial charge in [-0.05, 0) is 28.7 Å². The number of rotatable bonds is 3. The number of aromatic amines is 1. The first-order valence-electron chi connectivity index (χ1n) is 7.28. The third-order valence-corrected chi connectivity index (χ3v) is 4.16. The molecular weight excluding hydrogens is 258 g/mol. The van der Waals surface area contributed by atoms with Crippen LogP contribution in [0.25, 0.3) is 0 Å². The van der Waals surface area contributed by atoms with Gasteiger partial charge >= 0.3 is 0 Å². The van der Waals surface area contributed by atoms with Gasteiger partial charge < -0.3 is 10.3 Å². The van der Waals surface area contributed by atoms with Crippen LogP contribution in [0.5, 0.6) is 0 Å². The second-order valence-corrected chi connectivity index (χ2v) is 5.47. The van der Waals surface area contributed by atoms with Gasteiger partial charge in [0.25, 0.3) is 0 Å². The molecule has 0 saturated heterocycles. The molecule has 3 aromatic rings. The van der Waals surface area contributed by atoms with Crippen LogP contribution in [0.15, 0.2) is 61.1 Å². The normalized spacial score (nSPS) is 13.7. The Hall–Kier alpha value is -2.39. The van der Waals surface area contributed by atoms with Crippen molar-refractivity contribution in [3.8, 4) is 0 Å². The monoisotopic (exact) mass is 275 g/mol. The van der Waals surface area contributed by atoms with Crippen LogP contribution < -0.4 is 5.32 Å². The molecule has 104 valence electrons. The first-order valence-corrected chi connectivity index (χ1v) is 7.28. The number of nitrogens with one attached hydrogen (secondary N) is 2. The van der Waals surface area contributed by atoms with E-state index in [2.05, 4.69) is 63.8 Å². The lowest BCUT2D eigenvalue weighted by atomic mass is 9.82. The SMILES string of the molecule is c1ccc2c(c1)Cc1ccccc1C2NCc1cnc[nH]1. The molecule has 1 aliphatic rings. The van der Waals surface area contributed by atoms with E-state index in [-0.39, 0.29) is 6.04 Å². The first-order chi connectivity index (χ1) is 10.4. The molecule has 0 saturated carbocycles. The van der Waals surface area contributed by atoms with E-state index in [1.807, 2.05) is 6.20 Å². The summed E-state index contributed by atoms with van der Waals surface area (Å²) in [4.78, 5) is 7.23. The highest BCUT2D eigenvalue weighted by molar-refractivity contribution is 5.48. The summed E-state index contributed by atoms with van der Waals surface area (Å²) in [5.41, 5.74) is 6.71. The van der Waals surface area contributed by atoms with Gasteiger partial charge in [0.05, 0.1) is 12.4 Å². The molecule has 0 atom stereocenters. The predicted octanol–water partition coefficient (Wildman–Crippen LogP) is 3.19. The van der Waals surface area contributed by atoms with Crippen LogP contribution in [0.3, 0.4) is 0 Å². The maximum absolute atomic E-state index is 4.08. The summed E-state index contributed by atoms with van der Waals surface area (Å²) in [5, 5.41) is 3.67. The molecule has 0 spiro atoms. The summed E-state index contributed by atoms with van der Waals surface area (Å²) in [5.74, 6) is 0. The van der Waals surface area contributed by atoms with E-state index < -0.39 is 0 Å². The average molecular weight is 275 g/mol. The molecule has 0 fully saturated rings. The first kappa shape index (κ1) is 12.4. The minimum atomic E-state index is 0.245. The molecule has 0 unspecified atom stereocenters. The van der Waals surface area contributed by atoms with Crippen LogP contribution in [-0.4, -0.2) is 9.97 Å². The van der Waals surface area contributed by atoms with E-state index in [1.165, 1.54) is 22.3 Å². The molecule has 0 aliphatic heterocycles.